The number of rotatable bonds is 6. The molecule has 0 heterocycles. The minimum Gasteiger partial charge on any atom is -0.497 e. The number of nitrogens with one attached hydrogen (secondary N) is 1. The van der Waals surface area contributed by atoms with Gasteiger partial charge in [0, 0.05) is 6.54 Å². The number of carbonyl (C=O) groups is 1. The van der Waals surface area contributed by atoms with E-state index in [0.29, 0.717) is 13.0 Å². The fraction of sp³-hybridized carbons (Fsp3) is 0.278. The van der Waals surface area contributed by atoms with E-state index in [1.54, 1.807) is 14.2 Å². The summed E-state index contributed by atoms with van der Waals surface area (Å²) >= 11 is 0. The molecule has 1 N–H and O–H groups in total. The third-order valence-corrected chi connectivity index (χ3v) is 3.47. The molecule has 116 valence electrons. The standard InChI is InChI=1S/C18H21NO3/c1-13-10-15(6-9-17(13)22-3)11-18(20)19-12-14-4-7-16(21-2)8-5-14/h4-10H,11-12H2,1-3H3,(H,19,20). The van der Waals surface area contributed by atoms with Gasteiger partial charge in [-0.1, -0.05) is 24.3 Å². The van der Waals surface area contributed by atoms with E-state index in [-0.39, 0.29) is 5.91 Å². The zero-order valence-corrected chi connectivity index (χ0v) is 13.2. The van der Waals surface area contributed by atoms with Gasteiger partial charge in [0.1, 0.15) is 11.5 Å². The van der Waals surface area contributed by atoms with Crippen molar-refractivity contribution in [2.45, 2.75) is 19.9 Å². The van der Waals surface area contributed by atoms with Gasteiger partial charge in [0.2, 0.25) is 5.91 Å². The maximum atomic E-state index is 12.0. The van der Waals surface area contributed by atoms with Gasteiger partial charge in [-0.2, -0.15) is 0 Å². The number of hydrogen-bond donors (Lipinski definition) is 1. The first-order valence-electron chi connectivity index (χ1n) is 7.15. The van der Waals surface area contributed by atoms with Crippen LogP contribution in [0.5, 0.6) is 11.5 Å². The van der Waals surface area contributed by atoms with Crippen LogP contribution in [0.1, 0.15) is 16.7 Å². The molecule has 4 heteroatoms. The highest BCUT2D eigenvalue weighted by Crippen LogP contribution is 2.18. The Bertz CT molecular complexity index is 635. The summed E-state index contributed by atoms with van der Waals surface area (Å²) in [6.45, 7) is 2.48. The number of carbonyl (C=O) groups excluding carboxylic acids is 1. The average molecular weight is 299 g/mol. The Morgan fingerprint density at radius 1 is 1.00 bits per heavy atom. The molecule has 0 aliphatic rings. The Labute approximate surface area is 131 Å². The van der Waals surface area contributed by atoms with Crippen molar-refractivity contribution in [1.29, 1.82) is 0 Å². The molecule has 0 saturated carbocycles. The lowest BCUT2D eigenvalue weighted by Crippen LogP contribution is -2.24. The van der Waals surface area contributed by atoms with Crippen molar-refractivity contribution in [3.63, 3.8) is 0 Å². The zero-order valence-electron chi connectivity index (χ0n) is 13.2. The Hall–Kier alpha value is -2.49. The number of amides is 1. The molecule has 0 aromatic heterocycles. The highest BCUT2D eigenvalue weighted by molar-refractivity contribution is 5.78. The molecular weight excluding hydrogens is 278 g/mol. The Morgan fingerprint density at radius 3 is 2.27 bits per heavy atom. The monoisotopic (exact) mass is 299 g/mol. The van der Waals surface area contributed by atoms with Gasteiger partial charge in [-0.15, -0.1) is 0 Å². The fourth-order valence-corrected chi connectivity index (χ4v) is 2.24. The Kier molecular flexibility index (Phi) is 5.42. The first-order valence-corrected chi connectivity index (χ1v) is 7.15. The van der Waals surface area contributed by atoms with Crippen LogP contribution in [0, 0.1) is 6.92 Å². The van der Waals surface area contributed by atoms with Crippen LogP contribution < -0.4 is 14.8 Å². The molecule has 0 aliphatic carbocycles. The van der Waals surface area contributed by atoms with Gasteiger partial charge in [-0.05, 0) is 41.8 Å². The molecule has 0 unspecified atom stereocenters. The zero-order chi connectivity index (χ0) is 15.9. The first-order chi connectivity index (χ1) is 10.6. The Morgan fingerprint density at radius 2 is 1.68 bits per heavy atom. The van der Waals surface area contributed by atoms with Crippen molar-refractivity contribution in [2.24, 2.45) is 0 Å². The van der Waals surface area contributed by atoms with Crippen molar-refractivity contribution in [3.8, 4) is 11.5 Å². The predicted molar refractivity (Wildman–Crippen MR) is 86.3 cm³/mol. The molecule has 0 spiro atoms. The molecule has 0 fully saturated rings. The quantitative estimate of drug-likeness (QED) is 0.892. The van der Waals surface area contributed by atoms with E-state index < -0.39 is 0 Å². The molecule has 1 amide bonds. The van der Waals surface area contributed by atoms with Crippen molar-refractivity contribution < 1.29 is 14.3 Å². The number of methoxy groups -OCH3 is 2. The largest absolute Gasteiger partial charge is 0.497 e. The van der Waals surface area contributed by atoms with Crippen molar-refractivity contribution >= 4 is 5.91 Å². The lowest BCUT2D eigenvalue weighted by atomic mass is 10.1. The van der Waals surface area contributed by atoms with Crippen molar-refractivity contribution in [3.05, 3.63) is 59.2 Å². The van der Waals surface area contributed by atoms with E-state index >= 15 is 0 Å². The second-order valence-electron chi connectivity index (χ2n) is 5.11. The summed E-state index contributed by atoms with van der Waals surface area (Å²) < 4.78 is 10.3. The van der Waals surface area contributed by atoms with E-state index in [1.165, 1.54) is 0 Å². The molecule has 0 atom stereocenters. The van der Waals surface area contributed by atoms with E-state index in [4.69, 9.17) is 9.47 Å². The summed E-state index contributed by atoms with van der Waals surface area (Å²) in [6, 6.07) is 13.4. The minimum absolute atomic E-state index is 0.000356. The number of ether oxygens (including phenoxy) is 2. The lowest BCUT2D eigenvalue weighted by Gasteiger charge is -2.09. The number of aryl methyl sites for hydroxylation is 1. The van der Waals surface area contributed by atoms with Crippen molar-refractivity contribution in [2.75, 3.05) is 14.2 Å². The Balaban J connectivity index is 1.88. The van der Waals surface area contributed by atoms with Crippen LogP contribution in [0.3, 0.4) is 0 Å². The number of hydrogen-bond acceptors (Lipinski definition) is 3. The molecule has 22 heavy (non-hydrogen) atoms. The van der Waals surface area contributed by atoms with Crippen LogP contribution in [-0.4, -0.2) is 20.1 Å². The highest BCUT2D eigenvalue weighted by Gasteiger charge is 2.06. The summed E-state index contributed by atoms with van der Waals surface area (Å²) in [5, 5.41) is 2.92. The van der Waals surface area contributed by atoms with Gasteiger partial charge in [-0.25, -0.2) is 0 Å². The van der Waals surface area contributed by atoms with Gasteiger partial charge >= 0.3 is 0 Å². The molecule has 2 aromatic carbocycles. The second-order valence-corrected chi connectivity index (χ2v) is 5.11. The van der Waals surface area contributed by atoms with E-state index in [1.807, 2.05) is 49.4 Å². The summed E-state index contributed by atoms with van der Waals surface area (Å²) in [4.78, 5) is 12.0. The topological polar surface area (TPSA) is 47.6 Å². The highest BCUT2D eigenvalue weighted by atomic mass is 16.5. The molecular formula is C18H21NO3. The summed E-state index contributed by atoms with van der Waals surface area (Å²) in [5.41, 5.74) is 3.05. The average Bonchev–Trinajstić information content (AvgIpc) is 2.53. The van der Waals surface area contributed by atoms with Crippen LogP contribution in [0.15, 0.2) is 42.5 Å². The third-order valence-electron chi connectivity index (χ3n) is 3.47. The van der Waals surface area contributed by atoms with Gasteiger partial charge in [0.05, 0.1) is 20.6 Å². The second kappa shape index (κ2) is 7.50. The fourth-order valence-electron chi connectivity index (χ4n) is 2.24. The molecule has 0 radical (unpaired) electrons. The van der Waals surface area contributed by atoms with Crippen LogP contribution >= 0.6 is 0 Å². The smallest absolute Gasteiger partial charge is 0.224 e. The summed E-state index contributed by atoms with van der Waals surface area (Å²) in [5.74, 6) is 1.64. The van der Waals surface area contributed by atoms with Crippen LogP contribution in [0.4, 0.5) is 0 Å². The SMILES string of the molecule is COc1ccc(CNC(=O)Cc2ccc(OC)c(C)c2)cc1. The molecule has 2 rings (SSSR count). The van der Waals surface area contributed by atoms with Gasteiger partial charge < -0.3 is 14.8 Å². The van der Waals surface area contributed by atoms with Crippen LogP contribution in [-0.2, 0) is 17.8 Å². The van der Waals surface area contributed by atoms with Gasteiger partial charge in [0.25, 0.3) is 0 Å². The molecule has 0 aliphatic heterocycles. The van der Waals surface area contributed by atoms with E-state index in [9.17, 15) is 4.79 Å². The number of benzene rings is 2. The molecule has 0 saturated heterocycles. The minimum atomic E-state index is 0.000356. The van der Waals surface area contributed by atoms with Crippen molar-refractivity contribution in [1.82, 2.24) is 5.32 Å². The molecule has 2 aromatic rings. The predicted octanol–water partition coefficient (Wildman–Crippen LogP) is 2.87. The molecule has 0 bridgehead atoms. The van der Waals surface area contributed by atoms with Crippen LogP contribution in [0.2, 0.25) is 0 Å². The van der Waals surface area contributed by atoms with E-state index in [0.717, 1.165) is 28.2 Å². The maximum Gasteiger partial charge on any atom is 0.224 e. The summed E-state index contributed by atoms with van der Waals surface area (Å²) in [7, 11) is 3.27. The van der Waals surface area contributed by atoms with Gasteiger partial charge in [-0.3, -0.25) is 4.79 Å². The summed E-state index contributed by atoms with van der Waals surface area (Å²) in [6.07, 6.45) is 0.362. The third kappa shape index (κ3) is 4.25. The molecule has 4 nitrogen and oxygen atoms in total. The normalized spacial score (nSPS) is 10.1. The maximum absolute atomic E-state index is 12.0. The van der Waals surface area contributed by atoms with Crippen LogP contribution in [0.25, 0.3) is 0 Å². The van der Waals surface area contributed by atoms with E-state index in [2.05, 4.69) is 5.32 Å². The van der Waals surface area contributed by atoms with Gasteiger partial charge in [0.15, 0.2) is 0 Å². The lowest BCUT2D eigenvalue weighted by molar-refractivity contribution is -0.120. The first kappa shape index (κ1) is 15.9.